The summed E-state index contributed by atoms with van der Waals surface area (Å²) in [6.07, 6.45) is 3.74. The van der Waals surface area contributed by atoms with E-state index < -0.39 is 12.2 Å². The number of nitrogens with zero attached hydrogens (tertiary/aromatic N) is 7. The number of rotatable bonds is 13. The van der Waals surface area contributed by atoms with Crippen molar-refractivity contribution < 1.29 is 29.0 Å². The summed E-state index contributed by atoms with van der Waals surface area (Å²) in [5.41, 5.74) is 4.13. The summed E-state index contributed by atoms with van der Waals surface area (Å²) in [6.45, 7) is 8.73. The van der Waals surface area contributed by atoms with Gasteiger partial charge in [-0.25, -0.2) is 10.0 Å². The van der Waals surface area contributed by atoms with Gasteiger partial charge >= 0.3 is 0 Å². The molecule has 3 saturated heterocycles. The van der Waals surface area contributed by atoms with Crippen LogP contribution < -0.4 is 0 Å². The summed E-state index contributed by atoms with van der Waals surface area (Å²) < 4.78 is 7.19. The van der Waals surface area contributed by atoms with E-state index in [1.54, 1.807) is 57.3 Å². The van der Waals surface area contributed by atoms with Crippen LogP contribution in [0.4, 0.5) is 0 Å². The van der Waals surface area contributed by atoms with Crippen molar-refractivity contribution in [1.29, 1.82) is 0 Å². The highest BCUT2D eigenvalue weighted by molar-refractivity contribution is 6.07. The van der Waals surface area contributed by atoms with Crippen LogP contribution in [0.5, 0.6) is 5.75 Å². The number of aryl methyl sites for hydroxylation is 2. The average Bonchev–Trinajstić information content (AvgIpc) is 3.55. The second kappa shape index (κ2) is 17.1. The Balaban J connectivity index is 1.20. The molecule has 56 heavy (non-hydrogen) atoms. The smallest absolute Gasteiger partial charge is 0.256 e. The maximum absolute atomic E-state index is 14.7. The maximum atomic E-state index is 14.7. The van der Waals surface area contributed by atoms with E-state index in [2.05, 4.69) is 11.5 Å². The molecule has 0 spiro atoms. The van der Waals surface area contributed by atoms with Crippen LogP contribution in [0.3, 0.4) is 0 Å². The first-order valence-corrected chi connectivity index (χ1v) is 19.3. The molecule has 0 radical (unpaired) electrons. The largest absolute Gasteiger partial charge is 0.508 e. The van der Waals surface area contributed by atoms with Gasteiger partial charge in [-0.15, -0.1) is 6.58 Å². The fourth-order valence-corrected chi connectivity index (χ4v) is 8.39. The van der Waals surface area contributed by atoms with Crippen molar-refractivity contribution in [2.24, 2.45) is 7.05 Å². The Morgan fingerprint density at radius 1 is 0.946 bits per heavy atom. The van der Waals surface area contributed by atoms with Crippen LogP contribution in [0.25, 0.3) is 10.9 Å². The monoisotopic (exact) mass is 761 g/mol. The van der Waals surface area contributed by atoms with Crippen molar-refractivity contribution >= 4 is 34.5 Å². The zero-order chi connectivity index (χ0) is 39.3. The first-order valence-electron chi connectivity index (χ1n) is 19.3. The molecular formula is C43H51N7O6. The molecule has 0 aliphatic carbocycles. The predicted molar refractivity (Wildman–Crippen MR) is 212 cm³/mol. The van der Waals surface area contributed by atoms with Crippen molar-refractivity contribution in [3.05, 3.63) is 114 Å². The van der Waals surface area contributed by atoms with Crippen molar-refractivity contribution in [1.82, 2.24) is 34.2 Å². The molecule has 0 bridgehead atoms. The third-order valence-electron chi connectivity index (χ3n) is 11.2. The molecule has 1 aromatic heterocycles. The third-order valence-corrected chi connectivity index (χ3v) is 11.2. The Morgan fingerprint density at radius 3 is 2.41 bits per heavy atom. The lowest BCUT2D eigenvalue weighted by Crippen LogP contribution is -2.75. The van der Waals surface area contributed by atoms with Gasteiger partial charge in [0.05, 0.1) is 30.8 Å². The van der Waals surface area contributed by atoms with Crippen molar-refractivity contribution in [3.8, 4) is 5.75 Å². The zero-order valence-electron chi connectivity index (χ0n) is 32.3. The molecule has 3 fully saturated rings. The number of hydrogen-bond donors (Lipinski definition) is 1. The van der Waals surface area contributed by atoms with Crippen LogP contribution >= 0.6 is 0 Å². The topological polar surface area (TPSA) is 122 Å². The van der Waals surface area contributed by atoms with E-state index in [0.717, 1.165) is 47.2 Å². The van der Waals surface area contributed by atoms with Crippen molar-refractivity contribution in [3.63, 3.8) is 0 Å². The SMILES string of the molecule is C=CCN1CC(=O)N2[C@@H](Cc3ccc(O)cc3)C(=O)N(Cc3cccc4c(C(=O)N5CCN(CCOC)CC5)cn(C)c34)C[C@@H]2N1C(=O)CCc1ccccc1. The lowest BCUT2D eigenvalue weighted by molar-refractivity contribution is -0.205. The van der Waals surface area contributed by atoms with Crippen LogP contribution in [0, 0.1) is 0 Å². The van der Waals surface area contributed by atoms with Crippen molar-refractivity contribution in [2.75, 3.05) is 66.1 Å². The van der Waals surface area contributed by atoms with Crippen LogP contribution in [0.2, 0.25) is 0 Å². The molecule has 4 aromatic rings. The quantitative estimate of drug-likeness (QED) is 0.206. The summed E-state index contributed by atoms with van der Waals surface area (Å²) in [7, 11) is 3.61. The molecule has 4 heterocycles. The summed E-state index contributed by atoms with van der Waals surface area (Å²) in [6, 6.07) is 21.4. The number of ether oxygens (including phenoxy) is 1. The number of methoxy groups -OCH3 is 1. The number of phenols is 1. The number of carbonyl (C=O) groups excluding carboxylic acids is 4. The standard InChI is InChI=1S/C43H51N7O6/c1-4-19-48-30-40(53)49-37(26-32-13-16-34(51)17-14-32)43(55)47(29-38(49)50(48)39(52)18-15-31-9-6-5-7-10-31)27-33-11-8-12-35-36(28-44(2)41(33)35)42(54)46-22-20-45(21-23-46)24-25-56-3/h4-14,16-17,28,37-38,51H,1,15,18-27,29-30H2,2-3H3/t37-,38-/m0/s1. The normalized spacial score (nSPS) is 19.5. The lowest BCUT2D eigenvalue weighted by atomic mass is 9.97. The second-order valence-corrected chi connectivity index (χ2v) is 14.8. The van der Waals surface area contributed by atoms with E-state index in [4.69, 9.17) is 4.74 Å². The first kappa shape index (κ1) is 38.8. The Bertz CT molecular complexity index is 2060. The summed E-state index contributed by atoms with van der Waals surface area (Å²) in [4.78, 5) is 64.5. The predicted octanol–water partition coefficient (Wildman–Crippen LogP) is 3.27. The Kier molecular flexibility index (Phi) is 11.8. The highest BCUT2D eigenvalue weighted by atomic mass is 16.5. The van der Waals surface area contributed by atoms with Gasteiger partial charge in [-0.05, 0) is 35.2 Å². The number of carbonyl (C=O) groups is 4. The molecule has 294 valence electrons. The third kappa shape index (κ3) is 8.06. The number of phenolic OH excluding ortho intramolecular Hbond substituents is 1. The molecule has 13 heteroatoms. The van der Waals surface area contributed by atoms with Gasteiger partial charge in [0.15, 0.2) is 0 Å². The van der Waals surface area contributed by atoms with Gasteiger partial charge in [0.25, 0.3) is 5.91 Å². The minimum absolute atomic E-state index is 0.0227. The lowest BCUT2D eigenvalue weighted by Gasteiger charge is -2.55. The minimum atomic E-state index is -0.895. The maximum Gasteiger partial charge on any atom is 0.256 e. The second-order valence-electron chi connectivity index (χ2n) is 14.8. The molecule has 0 saturated carbocycles. The number of fused-ring (bicyclic) bond motifs is 2. The minimum Gasteiger partial charge on any atom is -0.508 e. The number of aromatic hydroxyl groups is 1. The highest BCUT2D eigenvalue weighted by Gasteiger charge is 2.51. The van der Waals surface area contributed by atoms with Gasteiger partial charge in [0.1, 0.15) is 18.0 Å². The van der Waals surface area contributed by atoms with E-state index in [0.29, 0.717) is 31.7 Å². The molecule has 4 amide bonds. The zero-order valence-corrected chi connectivity index (χ0v) is 32.3. The molecule has 2 atom stereocenters. The van der Waals surface area contributed by atoms with Crippen molar-refractivity contribution in [2.45, 2.75) is 38.0 Å². The number of para-hydroxylation sites is 1. The van der Waals surface area contributed by atoms with E-state index in [9.17, 15) is 24.3 Å². The van der Waals surface area contributed by atoms with E-state index in [-0.39, 0.29) is 68.4 Å². The fourth-order valence-electron chi connectivity index (χ4n) is 8.39. The summed E-state index contributed by atoms with van der Waals surface area (Å²) >= 11 is 0. The van der Waals surface area contributed by atoms with Crippen LogP contribution in [-0.4, -0.2) is 141 Å². The van der Waals surface area contributed by atoms with Gasteiger partial charge in [0, 0.05) is 84.4 Å². The number of amides is 4. The molecule has 7 rings (SSSR count). The van der Waals surface area contributed by atoms with Crippen LogP contribution in [0.15, 0.2) is 91.6 Å². The number of aromatic nitrogens is 1. The van der Waals surface area contributed by atoms with E-state index in [1.807, 2.05) is 71.2 Å². The number of hydrazine groups is 1. The van der Waals surface area contributed by atoms with Gasteiger partial charge in [0.2, 0.25) is 17.7 Å². The Labute approximate surface area is 327 Å². The van der Waals surface area contributed by atoms with Crippen LogP contribution in [0.1, 0.15) is 33.5 Å². The fraction of sp³-hybridized carbons (Fsp3) is 0.395. The summed E-state index contributed by atoms with van der Waals surface area (Å²) in [5.74, 6) is -0.544. The molecule has 3 aliphatic rings. The van der Waals surface area contributed by atoms with Gasteiger partial charge in [-0.1, -0.05) is 66.7 Å². The molecule has 13 nitrogen and oxygen atoms in total. The molecule has 1 N–H and O–H groups in total. The Morgan fingerprint density at radius 2 is 1.70 bits per heavy atom. The molecular weight excluding hydrogens is 711 g/mol. The number of piperazine rings is 2. The Hall–Kier alpha value is -5.50. The molecule has 3 aliphatic heterocycles. The number of hydrogen-bond acceptors (Lipinski definition) is 8. The van der Waals surface area contributed by atoms with E-state index >= 15 is 0 Å². The van der Waals surface area contributed by atoms with E-state index in [1.165, 1.54) is 0 Å². The van der Waals surface area contributed by atoms with Gasteiger partial charge in [-0.2, -0.15) is 0 Å². The first-order chi connectivity index (χ1) is 27.2. The average molecular weight is 762 g/mol. The highest BCUT2D eigenvalue weighted by Crippen LogP contribution is 2.32. The molecule has 0 unspecified atom stereocenters. The number of benzene rings is 3. The van der Waals surface area contributed by atoms with Gasteiger partial charge in [-0.3, -0.25) is 24.1 Å². The molecule has 3 aromatic carbocycles. The van der Waals surface area contributed by atoms with Gasteiger partial charge < -0.3 is 29.1 Å². The summed E-state index contributed by atoms with van der Waals surface area (Å²) in [5, 5.41) is 14.2. The van der Waals surface area contributed by atoms with Crippen LogP contribution in [-0.2, 0) is 45.6 Å².